The van der Waals surface area contributed by atoms with Crippen LogP contribution >= 0.6 is 0 Å². The van der Waals surface area contributed by atoms with Gasteiger partial charge in [-0.3, -0.25) is 0 Å². The van der Waals surface area contributed by atoms with Crippen LogP contribution in [0.5, 0.6) is 28.7 Å². The molecule has 6 nitrogen and oxygen atoms in total. The van der Waals surface area contributed by atoms with Crippen molar-refractivity contribution < 1.29 is 23.7 Å². The number of hydrogen-bond donors (Lipinski definition) is 1. The Bertz CT molecular complexity index is 1000. The molecular weight excluding hydrogens is 300 g/mol. The molecule has 1 aliphatic rings. The van der Waals surface area contributed by atoms with Crippen LogP contribution in [-0.4, -0.2) is 19.3 Å². The second kappa shape index (κ2) is 4.67. The van der Waals surface area contributed by atoms with Crippen LogP contribution in [0, 0.1) is 0 Å². The predicted molar refractivity (Wildman–Crippen MR) is 82.8 cm³/mol. The van der Waals surface area contributed by atoms with Gasteiger partial charge in [0.05, 0.1) is 19.6 Å². The highest BCUT2D eigenvalue weighted by molar-refractivity contribution is 6.02. The van der Waals surface area contributed by atoms with E-state index in [9.17, 15) is 9.90 Å². The number of aromatic hydroxyl groups is 1. The Hall–Kier alpha value is -3.15. The van der Waals surface area contributed by atoms with Gasteiger partial charge in [-0.2, -0.15) is 0 Å². The topological polar surface area (TPSA) is 78.1 Å². The number of benzene rings is 2. The van der Waals surface area contributed by atoms with Crippen LogP contribution in [0.4, 0.5) is 0 Å². The summed E-state index contributed by atoms with van der Waals surface area (Å²) in [5.41, 5.74) is 1.10. The van der Waals surface area contributed by atoms with Crippen LogP contribution in [0.3, 0.4) is 0 Å². The number of phenolic OH excluding ortho intramolecular Hbond substituents is 1. The highest BCUT2D eigenvalue weighted by Gasteiger charge is 2.25. The quantitative estimate of drug-likeness (QED) is 0.572. The molecule has 0 atom stereocenters. The first-order valence-electron chi connectivity index (χ1n) is 6.86. The Morgan fingerprint density at radius 3 is 2.52 bits per heavy atom. The largest absolute Gasteiger partial charge is 0.504 e. The van der Waals surface area contributed by atoms with Crippen molar-refractivity contribution in [1.82, 2.24) is 0 Å². The zero-order chi connectivity index (χ0) is 16.1. The summed E-state index contributed by atoms with van der Waals surface area (Å²) < 4.78 is 21.5. The molecule has 23 heavy (non-hydrogen) atoms. The van der Waals surface area contributed by atoms with E-state index in [0.717, 1.165) is 0 Å². The van der Waals surface area contributed by atoms with E-state index in [2.05, 4.69) is 0 Å². The zero-order valence-electron chi connectivity index (χ0n) is 12.4. The van der Waals surface area contributed by atoms with Gasteiger partial charge in [-0.1, -0.05) is 0 Å². The van der Waals surface area contributed by atoms with E-state index >= 15 is 0 Å². The first kappa shape index (κ1) is 13.5. The molecule has 0 fully saturated rings. The monoisotopic (exact) mass is 312 g/mol. The predicted octanol–water partition coefficient (Wildman–Crippen LogP) is 3.29. The smallest absolute Gasteiger partial charge is 0.336 e. The van der Waals surface area contributed by atoms with E-state index in [-0.39, 0.29) is 11.5 Å². The molecule has 3 aromatic rings. The Morgan fingerprint density at radius 1 is 0.957 bits per heavy atom. The molecule has 0 amide bonds. The molecule has 0 aliphatic carbocycles. The fourth-order valence-corrected chi connectivity index (χ4v) is 2.78. The average Bonchev–Trinajstić information content (AvgIpc) is 2.54. The Balaban J connectivity index is 2.12. The summed E-state index contributed by atoms with van der Waals surface area (Å²) in [5, 5.41) is 10.7. The summed E-state index contributed by atoms with van der Waals surface area (Å²) in [6.45, 7) is 0. The van der Waals surface area contributed by atoms with Crippen molar-refractivity contribution in [3.63, 3.8) is 0 Å². The molecule has 116 valence electrons. The molecule has 1 aliphatic heterocycles. The third kappa shape index (κ3) is 1.92. The molecule has 0 saturated heterocycles. The highest BCUT2D eigenvalue weighted by atomic mass is 16.5. The van der Waals surface area contributed by atoms with Gasteiger partial charge in [0.1, 0.15) is 22.8 Å². The van der Waals surface area contributed by atoms with E-state index in [1.54, 1.807) is 18.2 Å². The van der Waals surface area contributed by atoms with Crippen LogP contribution in [0.25, 0.3) is 22.1 Å². The fraction of sp³-hybridized carbons (Fsp3) is 0.118. The van der Waals surface area contributed by atoms with E-state index in [1.807, 2.05) is 0 Å². The Kier molecular flexibility index (Phi) is 2.74. The number of phenols is 1. The standard InChI is InChI=1S/C17H12O6/c1-20-8-3-14-17-10(6-16(19)23-15(17)4-8)9-5-11(18)13(21-2)7-12(9)22-14/h3-7,18H,1-2H3. The van der Waals surface area contributed by atoms with Crippen molar-refractivity contribution in [1.29, 1.82) is 0 Å². The van der Waals surface area contributed by atoms with Gasteiger partial charge in [0.25, 0.3) is 0 Å². The van der Waals surface area contributed by atoms with Gasteiger partial charge in [-0.15, -0.1) is 0 Å². The maximum absolute atomic E-state index is 11.9. The molecule has 0 saturated carbocycles. The fourth-order valence-electron chi connectivity index (χ4n) is 2.78. The Labute approximate surface area is 130 Å². The van der Waals surface area contributed by atoms with Gasteiger partial charge in [-0.05, 0) is 6.07 Å². The summed E-state index contributed by atoms with van der Waals surface area (Å²) in [6, 6.07) is 7.81. The third-order valence-corrected chi connectivity index (χ3v) is 3.81. The van der Waals surface area contributed by atoms with Crippen molar-refractivity contribution in [2.75, 3.05) is 14.2 Å². The van der Waals surface area contributed by atoms with Crippen molar-refractivity contribution in [2.24, 2.45) is 0 Å². The van der Waals surface area contributed by atoms with Crippen LogP contribution in [-0.2, 0) is 0 Å². The molecule has 1 aromatic heterocycles. The highest BCUT2D eigenvalue weighted by Crippen LogP contribution is 2.50. The SMILES string of the molecule is COc1cc2c3c(cc(=O)oc3c1)-c1cc(O)c(OC)cc1O2. The normalized spacial score (nSPS) is 11.7. The summed E-state index contributed by atoms with van der Waals surface area (Å²) >= 11 is 0. The molecule has 1 N–H and O–H groups in total. The first-order chi connectivity index (χ1) is 11.1. The van der Waals surface area contributed by atoms with Crippen LogP contribution in [0.2, 0.25) is 0 Å². The molecule has 2 heterocycles. The minimum Gasteiger partial charge on any atom is -0.504 e. The molecular formula is C17H12O6. The minimum absolute atomic E-state index is 0.0341. The third-order valence-electron chi connectivity index (χ3n) is 3.81. The van der Waals surface area contributed by atoms with Crippen LogP contribution in [0.1, 0.15) is 0 Å². The number of methoxy groups -OCH3 is 2. The number of fused-ring (bicyclic) bond motifs is 2. The van der Waals surface area contributed by atoms with Crippen molar-refractivity contribution in [2.45, 2.75) is 0 Å². The molecule has 4 rings (SSSR count). The van der Waals surface area contributed by atoms with Gasteiger partial charge in [0.15, 0.2) is 11.5 Å². The maximum Gasteiger partial charge on any atom is 0.336 e. The Morgan fingerprint density at radius 2 is 1.78 bits per heavy atom. The summed E-state index contributed by atoms with van der Waals surface area (Å²) in [7, 11) is 2.98. The van der Waals surface area contributed by atoms with Crippen molar-refractivity contribution >= 4 is 11.0 Å². The summed E-state index contributed by atoms with van der Waals surface area (Å²) in [6.07, 6.45) is 0. The summed E-state index contributed by atoms with van der Waals surface area (Å²) in [5.74, 6) is 1.76. The van der Waals surface area contributed by atoms with Crippen LogP contribution in [0.15, 0.2) is 39.5 Å². The van der Waals surface area contributed by atoms with Gasteiger partial charge in [-0.25, -0.2) is 4.79 Å². The molecule has 2 aromatic carbocycles. The van der Waals surface area contributed by atoms with E-state index in [1.165, 1.54) is 26.4 Å². The van der Waals surface area contributed by atoms with E-state index < -0.39 is 5.63 Å². The minimum atomic E-state index is -0.491. The number of rotatable bonds is 2. The van der Waals surface area contributed by atoms with E-state index in [0.29, 0.717) is 39.3 Å². The molecule has 0 spiro atoms. The molecule has 6 heteroatoms. The number of hydrogen-bond acceptors (Lipinski definition) is 6. The lowest BCUT2D eigenvalue weighted by Crippen LogP contribution is -2.04. The first-order valence-corrected chi connectivity index (χ1v) is 6.86. The van der Waals surface area contributed by atoms with Crippen LogP contribution < -0.4 is 19.8 Å². The van der Waals surface area contributed by atoms with Gasteiger partial charge >= 0.3 is 5.63 Å². The lowest BCUT2D eigenvalue weighted by atomic mass is 9.97. The lowest BCUT2D eigenvalue weighted by molar-refractivity contribution is 0.369. The van der Waals surface area contributed by atoms with Gasteiger partial charge in [0, 0.05) is 35.4 Å². The van der Waals surface area contributed by atoms with Gasteiger partial charge < -0.3 is 23.7 Å². The van der Waals surface area contributed by atoms with Gasteiger partial charge in [0.2, 0.25) is 0 Å². The number of ether oxygens (including phenoxy) is 3. The summed E-state index contributed by atoms with van der Waals surface area (Å²) in [4.78, 5) is 11.9. The molecule has 0 unspecified atom stereocenters. The maximum atomic E-state index is 11.9. The van der Waals surface area contributed by atoms with Crippen molar-refractivity contribution in [3.05, 3.63) is 40.8 Å². The second-order valence-electron chi connectivity index (χ2n) is 5.10. The second-order valence-corrected chi connectivity index (χ2v) is 5.10. The molecule has 0 radical (unpaired) electrons. The average molecular weight is 312 g/mol. The lowest BCUT2D eigenvalue weighted by Gasteiger charge is -2.21. The van der Waals surface area contributed by atoms with Crippen molar-refractivity contribution in [3.8, 4) is 39.9 Å². The molecule has 0 bridgehead atoms. The van der Waals surface area contributed by atoms with E-state index in [4.69, 9.17) is 18.6 Å². The zero-order valence-corrected chi connectivity index (χ0v) is 12.4.